The lowest BCUT2D eigenvalue weighted by Gasteiger charge is -2.26. The zero-order valence-electron chi connectivity index (χ0n) is 66.8. The minimum Gasteiger partial charge on any atom is -0.545 e. The summed E-state index contributed by atoms with van der Waals surface area (Å²) in [6.45, 7) is 4.57. The highest BCUT2D eigenvalue weighted by atomic mass is 16.7. The number of likely N-dealkylation sites (N-methyl/N-ethyl adjacent to an activating group) is 1. The van der Waals surface area contributed by atoms with Gasteiger partial charge in [0.05, 0.1) is 40.3 Å². The number of ether oxygens (including phenoxy) is 4. The summed E-state index contributed by atoms with van der Waals surface area (Å²) in [6.07, 6.45) is 113. The highest BCUT2D eigenvalue weighted by Gasteiger charge is 2.22. The average Bonchev–Trinajstić information content (AvgIpc) is 1.21. The van der Waals surface area contributed by atoms with Gasteiger partial charge in [0, 0.05) is 12.8 Å². The summed E-state index contributed by atoms with van der Waals surface area (Å²) in [5, 5.41) is 11.9. The van der Waals surface area contributed by atoms with E-state index in [0.29, 0.717) is 23.9 Å². The van der Waals surface area contributed by atoms with Gasteiger partial charge in [-0.25, -0.2) is 0 Å². The van der Waals surface area contributed by atoms with Crippen LogP contribution in [0.5, 0.6) is 0 Å². The monoisotopic (exact) mass is 1410 g/mol. The fourth-order valence-electron chi connectivity index (χ4n) is 12.3. The molecule has 9 heteroatoms. The van der Waals surface area contributed by atoms with Crippen LogP contribution in [-0.2, 0) is 33.3 Å². The van der Waals surface area contributed by atoms with Crippen LogP contribution in [0.3, 0.4) is 0 Å². The number of allylic oxidation sites excluding steroid dienone is 20. The Kier molecular flexibility index (Phi) is 77.9. The van der Waals surface area contributed by atoms with Crippen LogP contribution >= 0.6 is 0 Å². The Hall–Kier alpha value is -4.31. The molecule has 0 saturated heterocycles. The second-order valence-corrected chi connectivity index (χ2v) is 29.7. The average molecular weight is 1410 g/mol. The van der Waals surface area contributed by atoms with Crippen molar-refractivity contribution in [3.05, 3.63) is 122 Å². The van der Waals surface area contributed by atoms with Crippen LogP contribution in [0.25, 0.3) is 0 Å². The maximum atomic E-state index is 13.0. The lowest BCUT2D eigenvalue weighted by Crippen LogP contribution is -2.44. The Morgan fingerprint density at radius 2 is 0.535 bits per heavy atom. The van der Waals surface area contributed by atoms with E-state index in [9.17, 15) is 19.5 Å². The quantitative estimate of drug-likeness (QED) is 0.0195. The predicted octanol–water partition coefficient (Wildman–Crippen LogP) is 26.5. The number of carbonyl (C=O) groups excluding carboxylic acids is 3. The number of aliphatic carboxylic acids is 1. The first-order valence-corrected chi connectivity index (χ1v) is 42.7. The number of hydrogen-bond acceptors (Lipinski definition) is 8. The van der Waals surface area contributed by atoms with E-state index in [4.69, 9.17) is 18.9 Å². The summed E-state index contributed by atoms with van der Waals surface area (Å²) in [7, 11) is 5.95. The molecule has 0 aromatic heterocycles. The first-order valence-electron chi connectivity index (χ1n) is 42.7. The summed E-state index contributed by atoms with van der Waals surface area (Å²) in [4.78, 5) is 37.7. The van der Waals surface area contributed by atoms with Gasteiger partial charge in [-0.15, -0.1) is 0 Å². The van der Waals surface area contributed by atoms with E-state index in [1.807, 2.05) is 21.1 Å². The molecule has 0 amide bonds. The lowest BCUT2D eigenvalue weighted by molar-refractivity contribution is -0.870. The van der Waals surface area contributed by atoms with Gasteiger partial charge in [0.15, 0.2) is 12.4 Å². The summed E-state index contributed by atoms with van der Waals surface area (Å²) in [5.74, 6) is -2.26. The maximum Gasteiger partial charge on any atom is 0.306 e. The number of nitrogens with zero attached hydrogens (tertiary/aromatic N) is 1. The number of quaternary nitrogens is 1. The van der Waals surface area contributed by atoms with Gasteiger partial charge in [0.2, 0.25) is 0 Å². The normalized spacial score (nSPS) is 13.2. The first-order chi connectivity index (χ1) is 49.6. The van der Waals surface area contributed by atoms with Crippen molar-refractivity contribution in [2.45, 2.75) is 399 Å². The molecule has 0 saturated carbocycles. The van der Waals surface area contributed by atoms with E-state index in [1.165, 1.54) is 257 Å². The molecule has 0 spiro atoms. The Bertz CT molecular complexity index is 2090. The summed E-state index contributed by atoms with van der Waals surface area (Å²) >= 11 is 0. The third kappa shape index (κ3) is 82.8. The van der Waals surface area contributed by atoms with Gasteiger partial charge < -0.3 is 33.3 Å². The minimum atomic E-state index is -1.62. The van der Waals surface area contributed by atoms with Crippen molar-refractivity contribution in [1.82, 2.24) is 0 Å². The predicted molar refractivity (Wildman–Crippen MR) is 435 cm³/mol. The zero-order valence-corrected chi connectivity index (χ0v) is 66.8. The fraction of sp³-hybridized carbons (Fsp3) is 0.750. The molecule has 2 unspecified atom stereocenters. The van der Waals surface area contributed by atoms with Crippen molar-refractivity contribution in [1.29, 1.82) is 0 Å². The van der Waals surface area contributed by atoms with Crippen LogP contribution in [0.2, 0.25) is 0 Å². The molecule has 101 heavy (non-hydrogen) atoms. The number of carboxylic acids is 1. The number of esters is 2. The van der Waals surface area contributed by atoms with Gasteiger partial charge in [-0.1, -0.05) is 392 Å². The highest BCUT2D eigenvalue weighted by molar-refractivity contribution is 5.70. The second-order valence-electron chi connectivity index (χ2n) is 29.7. The van der Waals surface area contributed by atoms with Crippen LogP contribution in [0.4, 0.5) is 0 Å². The van der Waals surface area contributed by atoms with Crippen molar-refractivity contribution in [3.8, 4) is 0 Å². The molecule has 0 aliphatic heterocycles. The van der Waals surface area contributed by atoms with E-state index in [1.54, 1.807) is 0 Å². The third-order valence-electron chi connectivity index (χ3n) is 18.7. The molecule has 0 aliphatic carbocycles. The van der Waals surface area contributed by atoms with E-state index < -0.39 is 24.3 Å². The molecular formula is C92H161NO8. The van der Waals surface area contributed by atoms with Crippen LogP contribution in [0.1, 0.15) is 386 Å². The summed E-state index contributed by atoms with van der Waals surface area (Å²) in [5.41, 5.74) is 0. The Morgan fingerprint density at radius 3 is 0.792 bits per heavy atom. The van der Waals surface area contributed by atoms with Crippen molar-refractivity contribution < 1.29 is 42.9 Å². The van der Waals surface area contributed by atoms with Gasteiger partial charge in [0.25, 0.3) is 0 Å². The van der Waals surface area contributed by atoms with E-state index in [2.05, 4.69) is 135 Å². The number of hydrogen-bond donors (Lipinski definition) is 0. The van der Waals surface area contributed by atoms with Crippen molar-refractivity contribution in [2.24, 2.45) is 0 Å². The van der Waals surface area contributed by atoms with Gasteiger partial charge >= 0.3 is 11.9 Å². The molecule has 0 fully saturated rings. The third-order valence-corrected chi connectivity index (χ3v) is 18.7. The molecule has 0 radical (unpaired) electrons. The number of rotatable bonds is 79. The van der Waals surface area contributed by atoms with Crippen molar-refractivity contribution in [2.75, 3.05) is 47.5 Å². The molecule has 9 nitrogen and oxygen atoms in total. The van der Waals surface area contributed by atoms with Crippen LogP contribution in [0.15, 0.2) is 122 Å². The molecular weight excluding hydrogens is 1250 g/mol. The largest absolute Gasteiger partial charge is 0.545 e. The zero-order chi connectivity index (χ0) is 73.2. The standard InChI is InChI=1S/C92H161NO8/c1-6-8-10-12-14-16-18-20-22-24-26-28-30-32-34-36-38-40-42-43-44-45-46-47-49-51-53-55-57-59-61-63-65-67-69-71-73-75-77-79-81-83-90(95)101-88(87-100-92(91(96)97)98-85-84-93(3,4)5)86-99-89(94)82-80-78-76-74-72-70-68-66-64-62-60-58-56-54-52-50-48-41-39-37-35-33-31-29-27-25-23-21-19-17-15-13-11-9-7-2/h8-11,14-17,20-23,26-29,32,34,38,40,88,92H,6-7,12-13,18-19,24-25,30-31,33,35-37,39,41-87H2,1-5H3/b10-8-,11-9-,16-14-,17-15-,22-20-,23-21-,28-26-,29-27-,34-32-,40-38-. The minimum absolute atomic E-state index is 0.147. The molecule has 582 valence electrons. The number of carbonyl (C=O) groups is 3. The maximum absolute atomic E-state index is 13.0. The van der Waals surface area contributed by atoms with E-state index in [0.717, 1.165) is 96.3 Å². The molecule has 0 N–H and O–H groups in total. The van der Waals surface area contributed by atoms with Crippen LogP contribution in [0, 0.1) is 0 Å². The SMILES string of the molecule is CC/C=C\C/C=C\C/C=C\C/C=C\C/C=C\C/C=C\CCCCCCCCCCCCCCCCCCCCCCCCC(=O)OC(COC(=O)CCCCCCCCCCCCCCCCCCCCCCCC/C=C\C/C=C\C/C=C\C/C=C\CC)COC(OCC[N+](C)(C)C)C(=O)[O-]. The number of carboxylic acid groups (broad SMARTS) is 1. The topological polar surface area (TPSA) is 111 Å². The molecule has 0 bridgehead atoms. The summed E-state index contributed by atoms with van der Waals surface area (Å²) in [6, 6.07) is 0. The lowest BCUT2D eigenvalue weighted by atomic mass is 10.0. The molecule has 2 atom stereocenters. The summed E-state index contributed by atoms with van der Waals surface area (Å²) < 4.78 is 22.9. The van der Waals surface area contributed by atoms with Gasteiger partial charge in [-0.05, 0) is 103 Å². The molecule has 0 rings (SSSR count). The van der Waals surface area contributed by atoms with Crippen molar-refractivity contribution >= 4 is 17.9 Å². The first kappa shape index (κ1) is 96.7. The molecule has 0 aromatic carbocycles. The van der Waals surface area contributed by atoms with Gasteiger partial charge in [0.1, 0.15) is 13.2 Å². The number of unbranched alkanes of at least 4 members (excludes halogenated alkanes) is 44. The Morgan fingerprint density at radius 1 is 0.297 bits per heavy atom. The molecule has 0 aromatic rings. The van der Waals surface area contributed by atoms with Crippen LogP contribution < -0.4 is 5.11 Å². The van der Waals surface area contributed by atoms with E-state index in [-0.39, 0.29) is 32.2 Å². The second kappa shape index (κ2) is 81.4. The van der Waals surface area contributed by atoms with Gasteiger partial charge in [-0.2, -0.15) is 0 Å². The van der Waals surface area contributed by atoms with Gasteiger partial charge in [-0.3, -0.25) is 9.59 Å². The Balaban J connectivity index is 3.95. The molecule has 0 aliphatic rings. The van der Waals surface area contributed by atoms with Crippen LogP contribution in [-0.4, -0.2) is 82.3 Å². The van der Waals surface area contributed by atoms with E-state index >= 15 is 0 Å². The highest BCUT2D eigenvalue weighted by Crippen LogP contribution is 2.20. The molecule has 0 heterocycles. The Labute approximate surface area is 625 Å². The fourth-order valence-corrected chi connectivity index (χ4v) is 12.3. The smallest absolute Gasteiger partial charge is 0.306 e. The van der Waals surface area contributed by atoms with Crippen molar-refractivity contribution in [3.63, 3.8) is 0 Å².